The van der Waals surface area contributed by atoms with E-state index in [0.717, 1.165) is 27.7 Å². The molecule has 0 atom stereocenters. The summed E-state index contributed by atoms with van der Waals surface area (Å²) in [4.78, 5) is 13.1. The van der Waals surface area contributed by atoms with Gasteiger partial charge in [-0.25, -0.2) is 0 Å². The number of benzene rings is 2. The minimum absolute atomic E-state index is 0.0212. The van der Waals surface area contributed by atoms with Gasteiger partial charge in [0.25, 0.3) is 5.91 Å². The third-order valence-electron chi connectivity index (χ3n) is 4.78. The van der Waals surface area contributed by atoms with Gasteiger partial charge >= 0.3 is 0 Å². The van der Waals surface area contributed by atoms with Crippen LogP contribution in [-0.4, -0.2) is 20.6 Å². The molecule has 4 rings (SSSR count). The molecule has 4 heteroatoms. The van der Waals surface area contributed by atoms with Gasteiger partial charge in [-0.3, -0.25) is 9.36 Å². The van der Waals surface area contributed by atoms with E-state index >= 15 is 0 Å². The fourth-order valence-corrected chi connectivity index (χ4v) is 3.50. The number of carbonyl (C=O) groups is 1. The number of nitrogens with zero attached hydrogens (tertiary/aromatic N) is 2. The standard InChI is InChI=1S/C24H25N3O.C2H6/c1-24(2,3)25-20-11-9-17(10-12-20)19-15-22(26(4)16-19)23(28)27-14-13-18-7-5-6-8-21(18)27;1-2/h5-16,25H,1-4H3;1-2H3. The lowest BCUT2D eigenvalue weighted by Gasteiger charge is -2.22. The topological polar surface area (TPSA) is 39.0 Å². The molecular formula is C26H31N3O. The van der Waals surface area contributed by atoms with Crippen molar-refractivity contribution in [1.29, 1.82) is 0 Å². The summed E-state index contributed by atoms with van der Waals surface area (Å²) in [6.07, 6.45) is 3.84. The minimum atomic E-state index is -0.0269. The molecule has 0 radical (unpaired) electrons. The number of fused-ring (bicyclic) bond motifs is 1. The third-order valence-corrected chi connectivity index (χ3v) is 4.78. The van der Waals surface area contributed by atoms with Gasteiger partial charge in [-0.05, 0) is 56.7 Å². The highest BCUT2D eigenvalue weighted by atomic mass is 16.2. The smallest absolute Gasteiger partial charge is 0.278 e. The molecule has 0 fully saturated rings. The maximum absolute atomic E-state index is 13.1. The van der Waals surface area contributed by atoms with Crippen molar-refractivity contribution in [1.82, 2.24) is 9.13 Å². The van der Waals surface area contributed by atoms with Gasteiger partial charge in [-0.15, -0.1) is 0 Å². The second-order valence-electron chi connectivity index (χ2n) is 8.23. The number of rotatable bonds is 3. The molecule has 0 unspecified atom stereocenters. The van der Waals surface area contributed by atoms with E-state index in [1.54, 1.807) is 4.57 Å². The van der Waals surface area contributed by atoms with Crippen LogP contribution in [0.25, 0.3) is 22.0 Å². The van der Waals surface area contributed by atoms with Crippen molar-refractivity contribution in [3.63, 3.8) is 0 Å². The monoisotopic (exact) mass is 401 g/mol. The Kier molecular flexibility index (Phi) is 6.16. The average molecular weight is 402 g/mol. The molecule has 0 aliphatic rings. The van der Waals surface area contributed by atoms with Gasteiger partial charge < -0.3 is 9.88 Å². The van der Waals surface area contributed by atoms with E-state index in [9.17, 15) is 4.79 Å². The van der Waals surface area contributed by atoms with Crippen LogP contribution in [0.3, 0.4) is 0 Å². The van der Waals surface area contributed by atoms with Crippen LogP contribution in [-0.2, 0) is 7.05 Å². The molecule has 0 spiro atoms. The Morgan fingerprint density at radius 3 is 2.23 bits per heavy atom. The van der Waals surface area contributed by atoms with Crippen LogP contribution in [0.5, 0.6) is 0 Å². The number of nitrogens with one attached hydrogen (secondary N) is 1. The van der Waals surface area contributed by atoms with E-state index < -0.39 is 0 Å². The van der Waals surface area contributed by atoms with Crippen molar-refractivity contribution in [3.8, 4) is 11.1 Å². The van der Waals surface area contributed by atoms with Crippen molar-refractivity contribution in [2.24, 2.45) is 7.05 Å². The maximum atomic E-state index is 13.1. The summed E-state index contributed by atoms with van der Waals surface area (Å²) >= 11 is 0. The van der Waals surface area contributed by atoms with Gasteiger partial charge in [0.05, 0.1) is 5.52 Å². The molecule has 4 aromatic rings. The highest BCUT2D eigenvalue weighted by Crippen LogP contribution is 2.26. The summed E-state index contributed by atoms with van der Waals surface area (Å²) in [5.41, 5.74) is 4.81. The summed E-state index contributed by atoms with van der Waals surface area (Å²) in [7, 11) is 1.91. The Hall–Kier alpha value is -3.27. The zero-order valence-electron chi connectivity index (χ0n) is 18.7. The fourth-order valence-electron chi connectivity index (χ4n) is 3.50. The van der Waals surface area contributed by atoms with Crippen molar-refractivity contribution in [2.45, 2.75) is 40.2 Å². The van der Waals surface area contributed by atoms with Gasteiger partial charge in [0.2, 0.25) is 0 Å². The normalized spacial score (nSPS) is 11.1. The van der Waals surface area contributed by atoms with Gasteiger partial charge in [0.1, 0.15) is 5.69 Å². The predicted octanol–water partition coefficient (Wildman–Crippen LogP) is 6.57. The quantitative estimate of drug-likeness (QED) is 0.421. The lowest BCUT2D eigenvalue weighted by Crippen LogP contribution is -2.25. The van der Waals surface area contributed by atoms with E-state index in [1.165, 1.54) is 0 Å². The molecule has 0 bridgehead atoms. The maximum Gasteiger partial charge on any atom is 0.278 e. The predicted molar refractivity (Wildman–Crippen MR) is 127 cm³/mol. The second-order valence-corrected chi connectivity index (χ2v) is 8.23. The second kappa shape index (κ2) is 8.62. The highest BCUT2D eigenvalue weighted by molar-refractivity contribution is 6.02. The lowest BCUT2D eigenvalue weighted by atomic mass is 10.1. The van der Waals surface area contributed by atoms with Crippen LogP contribution in [0.4, 0.5) is 5.69 Å². The number of carbonyl (C=O) groups excluding carboxylic acids is 1. The minimum Gasteiger partial charge on any atom is -0.380 e. The molecule has 2 aromatic carbocycles. The number of hydrogen-bond acceptors (Lipinski definition) is 2. The molecule has 0 aliphatic heterocycles. The molecule has 1 N–H and O–H groups in total. The molecule has 0 aliphatic carbocycles. The van der Waals surface area contributed by atoms with Gasteiger partial charge in [0.15, 0.2) is 0 Å². The molecular weight excluding hydrogens is 370 g/mol. The van der Waals surface area contributed by atoms with Crippen LogP contribution >= 0.6 is 0 Å². The highest BCUT2D eigenvalue weighted by Gasteiger charge is 2.16. The summed E-state index contributed by atoms with van der Waals surface area (Å²) in [6, 6.07) is 20.2. The summed E-state index contributed by atoms with van der Waals surface area (Å²) in [5, 5.41) is 4.53. The summed E-state index contributed by atoms with van der Waals surface area (Å²) in [5.74, 6) is -0.0269. The molecule has 0 saturated carbocycles. The molecule has 2 aromatic heterocycles. The van der Waals surface area contributed by atoms with Crippen molar-refractivity contribution in [2.75, 3.05) is 5.32 Å². The zero-order valence-corrected chi connectivity index (χ0v) is 18.7. The van der Waals surface area contributed by atoms with E-state index in [0.29, 0.717) is 5.69 Å². The molecule has 0 saturated heterocycles. The van der Waals surface area contributed by atoms with Crippen molar-refractivity contribution in [3.05, 3.63) is 78.8 Å². The number of aryl methyl sites for hydroxylation is 1. The van der Waals surface area contributed by atoms with Crippen LogP contribution in [0.2, 0.25) is 0 Å². The Labute approximate surface area is 179 Å². The van der Waals surface area contributed by atoms with Crippen molar-refractivity contribution < 1.29 is 4.79 Å². The van der Waals surface area contributed by atoms with Gasteiger partial charge in [-0.2, -0.15) is 0 Å². The number of aromatic nitrogens is 2. The lowest BCUT2D eigenvalue weighted by molar-refractivity contribution is 0.0957. The van der Waals surface area contributed by atoms with E-state index in [4.69, 9.17) is 0 Å². The Balaban J connectivity index is 0.00000124. The third kappa shape index (κ3) is 4.48. The molecule has 0 amide bonds. The first kappa shape index (κ1) is 21.4. The Morgan fingerprint density at radius 1 is 0.900 bits per heavy atom. The largest absolute Gasteiger partial charge is 0.380 e. The number of anilines is 1. The summed E-state index contributed by atoms with van der Waals surface area (Å²) < 4.78 is 3.61. The molecule has 4 nitrogen and oxygen atoms in total. The Bertz CT molecular complexity index is 1140. The van der Waals surface area contributed by atoms with Gasteiger partial charge in [-0.1, -0.05) is 44.2 Å². The van der Waals surface area contributed by atoms with Crippen LogP contribution in [0.15, 0.2) is 73.1 Å². The van der Waals surface area contributed by atoms with Gasteiger partial charge in [0, 0.05) is 41.6 Å². The first-order chi connectivity index (χ1) is 14.3. The van der Waals surface area contributed by atoms with Crippen LogP contribution in [0.1, 0.15) is 45.1 Å². The zero-order chi connectivity index (χ0) is 21.9. The fraction of sp³-hybridized carbons (Fsp3) is 0.269. The number of para-hydroxylation sites is 1. The van der Waals surface area contributed by atoms with E-state index in [1.807, 2.05) is 74.3 Å². The first-order valence-corrected chi connectivity index (χ1v) is 10.5. The molecule has 2 heterocycles. The SMILES string of the molecule is CC.Cn1cc(-c2ccc(NC(C)(C)C)cc2)cc1C(=O)n1ccc2ccccc21. The van der Waals surface area contributed by atoms with E-state index in [-0.39, 0.29) is 11.4 Å². The Morgan fingerprint density at radius 2 is 1.57 bits per heavy atom. The number of hydrogen-bond donors (Lipinski definition) is 1. The first-order valence-electron chi connectivity index (χ1n) is 10.5. The van der Waals surface area contributed by atoms with Crippen molar-refractivity contribution >= 4 is 22.5 Å². The van der Waals surface area contributed by atoms with Crippen LogP contribution in [0, 0.1) is 0 Å². The van der Waals surface area contributed by atoms with Crippen LogP contribution < -0.4 is 5.32 Å². The molecule has 30 heavy (non-hydrogen) atoms. The summed E-state index contributed by atoms with van der Waals surface area (Å²) in [6.45, 7) is 10.4. The molecule has 156 valence electrons. The van der Waals surface area contributed by atoms with E-state index in [2.05, 4.69) is 50.4 Å². The average Bonchev–Trinajstić information content (AvgIpc) is 3.32.